The van der Waals surface area contributed by atoms with Crippen LogP contribution in [0.15, 0.2) is 60.7 Å². The van der Waals surface area contributed by atoms with E-state index in [-0.39, 0.29) is 5.91 Å². The van der Waals surface area contributed by atoms with Gasteiger partial charge in [0.25, 0.3) is 0 Å². The molecule has 0 saturated heterocycles. The van der Waals surface area contributed by atoms with Crippen molar-refractivity contribution < 1.29 is 14.3 Å². The molecule has 4 rings (SSSR count). The Labute approximate surface area is 177 Å². The van der Waals surface area contributed by atoms with E-state index in [0.717, 1.165) is 41.0 Å². The molecule has 30 heavy (non-hydrogen) atoms. The second kappa shape index (κ2) is 8.28. The van der Waals surface area contributed by atoms with Crippen LogP contribution in [0.5, 0.6) is 5.75 Å². The number of carbonyl (C=O) groups is 1. The third-order valence-electron chi connectivity index (χ3n) is 5.66. The summed E-state index contributed by atoms with van der Waals surface area (Å²) in [6.07, 6.45) is 1.63. The fourth-order valence-electron chi connectivity index (χ4n) is 3.74. The number of pyridine rings is 1. The fraction of sp³-hybridized carbons (Fsp3) is 0.280. The highest BCUT2D eigenvalue weighted by atomic mass is 16.5. The Balaban J connectivity index is 1.56. The number of aromatic nitrogens is 1. The van der Waals surface area contributed by atoms with Gasteiger partial charge in [-0.05, 0) is 49.6 Å². The summed E-state index contributed by atoms with van der Waals surface area (Å²) in [6, 6.07) is 19.8. The van der Waals surface area contributed by atoms with E-state index in [1.807, 2.05) is 48.5 Å². The van der Waals surface area contributed by atoms with Crippen LogP contribution in [0.4, 0.5) is 5.82 Å². The van der Waals surface area contributed by atoms with Crippen LogP contribution in [0.2, 0.25) is 0 Å². The largest absolute Gasteiger partial charge is 0.496 e. The van der Waals surface area contributed by atoms with Gasteiger partial charge in [-0.25, -0.2) is 4.98 Å². The zero-order chi connectivity index (χ0) is 21.1. The van der Waals surface area contributed by atoms with Gasteiger partial charge in [0.2, 0.25) is 5.91 Å². The van der Waals surface area contributed by atoms with Crippen LogP contribution in [0, 0.1) is 6.92 Å². The van der Waals surface area contributed by atoms with E-state index in [1.54, 1.807) is 14.2 Å². The average molecular weight is 402 g/mol. The van der Waals surface area contributed by atoms with Crippen LogP contribution in [0.3, 0.4) is 0 Å². The first-order chi connectivity index (χ1) is 14.6. The number of hydrogen-bond donors (Lipinski definition) is 1. The van der Waals surface area contributed by atoms with Crippen molar-refractivity contribution in [1.29, 1.82) is 0 Å². The Bertz CT molecular complexity index is 1060. The maximum Gasteiger partial charge on any atom is 0.236 e. The first-order valence-corrected chi connectivity index (χ1v) is 10.1. The monoisotopic (exact) mass is 402 g/mol. The maximum atomic E-state index is 13.2. The minimum atomic E-state index is -0.518. The maximum absolute atomic E-state index is 13.2. The van der Waals surface area contributed by atoms with Crippen LogP contribution in [0.25, 0.3) is 11.3 Å². The summed E-state index contributed by atoms with van der Waals surface area (Å²) in [6.45, 7) is 2.50. The SMILES string of the molecule is COCc1cc(C2(C(=O)Nc3cccc(-c4ccc(C)cc4)n3)CC2)ccc1OC. The molecule has 1 aliphatic rings. The molecular formula is C25H26N2O3. The lowest BCUT2D eigenvalue weighted by atomic mass is 9.93. The normalized spacial score (nSPS) is 14.2. The van der Waals surface area contributed by atoms with Gasteiger partial charge >= 0.3 is 0 Å². The molecule has 1 amide bonds. The number of aryl methyl sites for hydroxylation is 1. The van der Waals surface area contributed by atoms with Crippen LogP contribution >= 0.6 is 0 Å². The summed E-state index contributed by atoms with van der Waals surface area (Å²) in [5.74, 6) is 1.31. The first kappa shape index (κ1) is 20.1. The lowest BCUT2D eigenvalue weighted by Gasteiger charge is -2.18. The summed E-state index contributed by atoms with van der Waals surface area (Å²) in [7, 11) is 3.29. The van der Waals surface area contributed by atoms with Crippen LogP contribution < -0.4 is 10.1 Å². The molecule has 0 radical (unpaired) electrons. The Morgan fingerprint density at radius 2 is 1.83 bits per heavy atom. The van der Waals surface area contributed by atoms with Crippen molar-refractivity contribution in [2.45, 2.75) is 31.8 Å². The standard InChI is InChI=1S/C25H26N2O3/c1-17-7-9-18(10-8-17)21-5-4-6-23(26-21)27-24(28)25(13-14-25)20-11-12-22(30-3)19(15-20)16-29-2/h4-12,15H,13-14,16H2,1-3H3,(H,26,27,28). The molecule has 0 unspecified atom stereocenters. The van der Waals surface area contributed by atoms with Gasteiger partial charge in [-0.3, -0.25) is 4.79 Å². The van der Waals surface area contributed by atoms with E-state index in [2.05, 4.69) is 29.4 Å². The highest BCUT2D eigenvalue weighted by Gasteiger charge is 2.51. The number of benzene rings is 2. The van der Waals surface area contributed by atoms with Crippen LogP contribution in [0.1, 0.15) is 29.5 Å². The second-order valence-corrected chi connectivity index (χ2v) is 7.77. The minimum absolute atomic E-state index is 0.0235. The zero-order valence-electron chi connectivity index (χ0n) is 17.6. The first-order valence-electron chi connectivity index (χ1n) is 10.1. The van der Waals surface area contributed by atoms with Gasteiger partial charge in [0.05, 0.1) is 24.8 Å². The van der Waals surface area contributed by atoms with Crippen molar-refractivity contribution in [1.82, 2.24) is 4.98 Å². The van der Waals surface area contributed by atoms with E-state index < -0.39 is 5.41 Å². The molecule has 2 aromatic carbocycles. The molecule has 0 aliphatic heterocycles. The second-order valence-electron chi connectivity index (χ2n) is 7.77. The molecule has 5 heteroatoms. The number of carbonyl (C=O) groups excluding carboxylic acids is 1. The molecule has 1 N–H and O–H groups in total. The molecule has 3 aromatic rings. The Kier molecular flexibility index (Phi) is 5.55. The number of rotatable bonds is 7. The van der Waals surface area contributed by atoms with Gasteiger partial charge < -0.3 is 14.8 Å². The Morgan fingerprint density at radius 3 is 2.50 bits per heavy atom. The number of nitrogens with zero attached hydrogens (tertiary/aromatic N) is 1. The molecule has 154 valence electrons. The molecule has 1 aliphatic carbocycles. The predicted octanol–water partition coefficient (Wildman–Crippen LogP) is 4.88. The van der Waals surface area contributed by atoms with E-state index >= 15 is 0 Å². The molecule has 1 aromatic heterocycles. The van der Waals surface area contributed by atoms with Gasteiger partial charge in [0, 0.05) is 18.2 Å². The Hall–Kier alpha value is -3.18. The molecular weight excluding hydrogens is 376 g/mol. The number of ether oxygens (including phenoxy) is 2. The molecule has 1 saturated carbocycles. The van der Waals surface area contributed by atoms with Gasteiger partial charge in [0.1, 0.15) is 11.6 Å². The molecule has 1 heterocycles. The van der Waals surface area contributed by atoms with Gasteiger partial charge in [-0.2, -0.15) is 0 Å². The Morgan fingerprint density at radius 1 is 1.07 bits per heavy atom. The summed E-state index contributed by atoms with van der Waals surface area (Å²) in [5, 5.41) is 3.03. The smallest absolute Gasteiger partial charge is 0.236 e. The molecule has 0 atom stereocenters. The number of hydrogen-bond acceptors (Lipinski definition) is 4. The molecule has 0 spiro atoms. The van der Waals surface area contributed by atoms with Crippen molar-refractivity contribution in [3.05, 3.63) is 77.4 Å². The zero-order valence-corrected chi connectivity index (χ0v) is 17.6. The van der Waals surface area contributed by atoms with E-state index in [4.69, 9.17) is 9.47 Å². The molecule has 5 nitrogen and oxygen atoms in total. The van der Waals surface area contributed by atoms with Crippen molar-refractivity contribution in [3.63, 3.8) is 0 Å². The predicted molar refractivity (Wildman–Crippen MR) is 118 cm³/mol. The van der Waals surface area contributed by atoms with Crippen molar-refractivity contribution >= 4 is 11.7 Å². The van der Waals surface area contributed by atoms with E-state index in [0.29, 0.717) is 12.4 Å². The summed E-state index contributed by atoms with van der Waals surface area (Å²) in [5.41, 5.74) is 4.47. The van der Waals surface area contributed by atoms with Crippen molar-refractivity contribution in [3.8, 4) is 17.0 Å². The van der Waals surface area contributed by atoms with Crippen molar-refractivity contribution in [2.24, 2.45) is 0 Å². The van der Waals surface area contributed by atoms with Crippen LogP contribution in [-0.4, -0.2) is 25.1 Å². The van der Waals surface area contributed by atoms with E-state index in [9.17, 15) is 4.79 Å². The fourth-order valence-corrected chi connectivity index (χ4v) is 3.74. The average Bonchev–Trinajstić information content (AvgIpc) is 3.57. The molecule has 1 fully saturated rings. The van der Waals surface area contributed by atoms with E-state index in [1.165, 1.54) is 5.56 Å². The summed E-state index contributed by atoms with van der Waals surface area (Å²) >= 11 is 0. The lowest BCUT2D eigenvalue weighted by Crippen LogP contribution is -2.28. The number of amides is 1. The number of anilines is 1. The highest BCUT2D eigenvalue weighted by molar-refractivity contribution is 6.01. The highest BCUT2D eigenvalue weighted by Crippen LogP contribution is 2.49. The van der Waals surface area contributed by atoms with Gasteiger partial charge in [0.15, 0.2) is 0 Å². The number of methoxy groups -OCH3 is 2. The summed E-state index contributed by atoms with van der Waals surface area (Å²) < 4.78 is 10.7. The number of nitrogens with one attached hydrogen (secondary N) is 1. The van der Waals surface area contributed by atoms with Gasteiger partial charge in [-0.15, -0.1) is 0 Å². The third-order valence-corrected chi connectivity index (χ3v) is 5.66. The minimum Gasteiger partial charge on any atom is -0.496 e. The quantitative estimate of drug-likeness (QED) is 0.612. The third kappa shape index (κ3) is 3.94. The summed E-state index contributed by atoms with van der Waals surface area (Å²) in [4.78, 5) is 17.8. The molecule has 0 bridgehead atoms. The van der Waals surface area contributed by atoms with Gasteiger partial charge in [-0.1, -0.05) is 42.0 Å². The topological polar surface area (TPSA) is 60.5 Å². The van der Waals surface area contributed by atoms with Crippen molar-refractivity contribution in [2.75, 3.05) is 19.5 Å². The van der Waals surface area contributed by atoms with Crippen LogP contribution in [-0.2, 0) is 21.6 Å². The lowest BCUT2D eigenvalue weighted by molar-refractivity contribution is -0.118.